The van der Waals surface area contributed by atoms with E-state index >= 15 is 0 Å². The summed E-state index contributed by atoms with van der Waals surface area (Å²) in [4.78, 5) is 4.31. The lowest BCUT2D eigenvalue weighted by Crippen LogP contribution is -2.49. The number of fused-ring (bicyclic) bond motifs is 1. The molecule has 0 aliphatic carbocycles. The zero-order valence-electron chi connectivity index (χ0n) is 22.5. The quantitative estimate of drug-likeness (QED) is 0.453. The zero-order valence-corrected chi connectivity index (χ0v) is 23.4. The van der Waals surface area contributed by atoms with Gasteiger partial charge in [0.2, 0.25) is 10.0 Å². The second-order valence-corrected chi connectivity index (χ2v) is 12.4. The molecule has 13 heteroatoms. The van der Waals surface area contributed by atoms with Crippen molar-refractivity contribution in [3.63, 3.8) is 0 Å². The minimum atomic E-state index is -4.47. The molecular formula is C28H31F3N6O3S. The Morgan fingerprint density at radius 2 is 1.71 bits per heavy atom. The monoisotopic (exact) mass is 588 g/mol. The minimum absolute atomic E-state index is 0.0623. The van der Waals surface area contributed by atoms with E-state index in [4.69, 9.17) is 0 Å². The Kier molecular flexibility index (Phi) is 8.11. The van der Waals surface area contributed by atoms with Gasteiger partial charge in [0.15, 0.2) is 0 Å². The molecule has 5 rings (SSSR count). The number of anilines is 1. The van der Waals surface area contributed by atoms with Crippen molar-refractivity contribution in [2.45, 2.75) is 31.8 Å². The molecule has 1 unspecified atom stereocenters. The number of sulfonamides is 1. The standard InChI is InChI=1S/C28H31F3N6O3S/c1-41(39,40)36-11-10-26-24(19-36)27(20-6-8-22(9-7-20)28(29,30)31)33-37(26)18-23(38)17-34-12-14-35(15-13-34)25-5-3-2-4-21(25)16-32/h2-9,23,38H,10-15,17-19H2,1H3. The first-order chi connectivity index (χ1) is 19.4. The predicted molar refractivity (Wildman–Crippen MR) is 147 cm³/mol. The summed E-state index contributed by atoms with van der Waals surface area (Å²) in [6.07, 6.45) is -3.74. The normalized spacial score (nSPS) is 17.7. The Morgan fingerprint density at radius 3 is 2.34 bits per heavy atom. The number of rotatable bonds is 7. The maximum Gasteiger partial charge on any atom is 0.416 e. The molecule has 2 aliphatic heterocycles. The first-order valence-electron chi connectivity index (χ1n) is 13.3. The highest BCUT2D eigenvalue weighted by Crippen LogP contribution is 2.34. The first-order valence-corrected chi connectivity index (χ1v) is 15.1. The van der Waals surface area contributed by atoms with Crippen molar-refractivity contribution in [1.29, 1.82) is 5.26 Å². The van der Waals surface area contributed by atoms with Crippen LogP contribution in [0.3, 0.4) is 0 Å². The Morgan fingerprint density at radius 1 is 1.02 bits per heavy atom. The molecule has 2 aliphatic rings. The molecule has 1 fully saturated rings. The fraction of sp³-hybridized carbons (Fsp3) is 0.429. The molecule has 0 amide bonds. The summed E-state index contributed by atoms with van der Waals surface area (Å²) < 4.78 is 66.9. The molecule has 1 aromatic heterocycles. The number of halogens is 3. The summed E-state index contributed by atoms with van der Waals surface area (Å²) >= 11 is 0. The number of benzene rings is 2. The molecule has 1 saturated heterocycles. The van der Waals surface area contributed by atoms with Crippen LogP contribution in [0.25, 0.3) is 11.3 Å². The molecule has 9 nitrogen and oxygen atoms in total. The number of aliphatic hydroxyl groups excluding tert-OH is 1. The van der Waals surface area contributed by atoms with Crippen molar-refractivity contribution in [2.75, 3.05) is 50.4 Å². The van der Waals surface area contributed by atoms with Crippen LogP contribution in [0.2, 0.25) is 0 Å². The van der Waals surface area contributed by atoms with Crippen molar-refractivity contribution >= 4 is 15.7 Å². The second-order valence-electron chi connectivity index (χ2n) is 10.4. The number of para-hydroxylation sites is 1. The number of β-amino-alcohol motifs (C(OH)–C–C–N with tert-alkyl or cyclic N) is 1. The van der Waals surface area contributed by atoms with E-state index < -0.39 is 27.9 Å². The third-order valence-corrected chi connectivity index (χ3v) is 8.89. The Bertz CT molecular complexity index is 1540. The molecule has 0 saturated carbocycles. The SMILES string of the molecule is CS(=O)(=O)N1CCc2c(c(-c3ccc(C(F)(F)F)cc3)nn2CC(O)CN2CCN(c3ccccc3C#N)CC2)C1. The minimum Gasteiger partial charge on any atom is -0.390 e. The lowest BCUT2D eigenvalue weighted by molar-refractivity contribution is -0.137. The maximum atomic E-state index is 13.1. The van der Waals surface area contributed by atoms with Gasteiger partial charge in [0.1, 0.15) is 6.07 Å². The molecule has 41 heavy (non-hydrogen) atoms. The highest BCUT2D eigenvalue weighted by Gasteiger charge is 2.32. The van der Waals surface area contributed by atoms with Gasteiger partial charge in [-0.1, -0.05) is 24.3 Å². The van der Waals surface area contributed by atoms with Crippen molar-refractivity contribution in [2.24, 2.45) is 0 Å². The van der Waals surface area contributed by atoms with Crippen LogP contribution < -0.4 is 4.90 Å². The van der Waals surface area contributed by atoms with Gasteiger partial charge in [-0.3, -0.25) is 9.58 Å². The van der Waals surface area contributed by atoms with Gasteiger partial charge in [0, 0.05) is 69.1 Å². The number of nitriles is 1. The second kappa shape index (κ2) is 11.4. The van der Waals surface area contributed by atoms with Crippen LogP contribution in [-0.4, -0.2) is 84.1 Å². The van der Waals surface area contributed by atoms with Crippen LogP contribution in [0.4, 0.5) is 18.9 Å². The first kappa shape index (κ1) is 29.1. The third kappa shape index (κ3) is 6.41. The summed E-state index contributed by atoms with van der Waals surface area (Å²) in [5.74, 6) is 0. The van der Waals surface area contributed by atoms with E-state index in [0.717, 1.165) is 29.8 Å². The van der Waals surface area contributed by atoms with Crippen LogP contribution in [0.5, 0.6) is 0 Å². The van der Waals surface area contributed by atoms with Crippen LogP contribution in [0.15, 0.2) is 48.5 Å². The molecule has 3 heterocycles. The molecule has 218 valence electrons. The Labute approximate surface area is 237 Å². The summed E-state index contributed by atoms with van der Waals surface area (Å²) in [6.45, 7) is 3.71. The lowest BCUT2D eigenvalue weighted by Gasteiger charge is -2.37. The molecule has 1 atom stereocenters. The van der Waals surface area contributed by atoms with Gasteiger partial charge in [-0.15, -0.1) is 0 Å². The summed E-state index contributed by atoms with van der Waals surface area (Å²) in [7, 11) is -3.49. The van der Waals surface area contributed by atoms with E-state index in [2.05, 4.69) is 21.0 Å². The lowest BCUT2D eigenvalue weighted by atomic mass is 10.0. The van der Waals surface area contributed by atoms with Crippen molar-refractivity contribution in [3.05, 3.63) is 70.9 Å². The summed E-state index contributed by atoms with van der Waals surface area (Å²) in [5, 5.41) is 25.1. The van der Waals surface area contributed by atoms with E-state index in [-0.39, 0.29) is 19.6 Å². The van der Waals surface area contributed by atoms with Crippen LogP contribution in [0.1, 0.15) is 22.4 Å². The van der Waals surface area contributed by atoms with E-state index in [0.29, 0.717) is 61.5 Å². The number of nitrogens with zero attached hydrogens (tertiary/aromatic N) is 6. The van der Waals surface area contributed by atoms with Crippen molar-refractivity contribution in [1.82, 2.24) is 19.0 Å². The van der Waals surface area contributed by atoms with Gasteiger partial charge in [-0.25, -0.2) is 8.42 Å². The molecular weight excluding hydrogens is 557 g/mol. The molecule has 0 spiro atoms. The highest BCUT2D eigenvalue weighted by atomic mass is 32.2. The number of aliphatic hydroxyl groups is 1. The van der Waals surface area contributed by atoms with Crippen molar-refractivity contribution < 1.29 is 26.7 Å². The van der Waals surface area contributed by atoms with Crippen LogP contribution >= 0.6 is 0 Å². The molecule has 3 aromatic rings. The van der Waals surface area contributed by atoms with E-state index in [9.17, 15) is 32.0 Å². The smallest absolute Gasteiger partial charge is 0.390 e. The predicted octanol–water partition coefficient (Wildman–Crippen LogP) is 2.94. The Balaban J connectivity index is 1.31. The van der Waals surface area contributed by atoms with Gasteiger partial charge in [-0.2, -0.15) is 27.8 Å². The fourth-order valence-electron chi connectivity index (χ4n) is 5.52. The fourth-order valence-corrected chi connectivity index (χ4v) is 6.31. The Hall–Kier alpha value is -3.44. The topological polar surface area (TPSA) is 106 Å². The van der Waals surface area contributed by atoms with Gasteiger partial charge in [-0.05, 0) is 24.3 Å². The summed E-state index contributed by atoms with van der Waals surface area (Å²) in [5.41, 5.74) is 3.03. The number of piperazine rings is 1. The molecule has 0 radical (unpaired) electrons. The van der Waals surface area contributed by atoms with Crippen molar-refractivity contribution in [3.8, 4) is 17.3 Å². The number of alkyl halides is 3. The number of hydrogen-bond acceptors (Lipinski definition) is 7. The maximum absolute atomic E-state index is 13.1. The van der Waals surface area contributed by atoms with Crippen LogP contribution in [-0.2, 0) is 35.7 Å². The van der Waals surface area contributed by atoms with Gasteiger partial charge in [0.25, 0.3) is 0 Å². The molecule has 0 bridgehead atoms. The van der Waals surface area contributed by atoms with E-state index in [1.807, 2.05) is 18.2 Å². The number of aromatic nitrogens is 2. The zero-order chi connectivity index (χ0) is 29.4. The summed E-state index contributed by atoms with van der Waals surface area (Å²) in [6, 6.07) is 14.4. The average molecular weight is 589 g/mol. The highest BCUT2D eigenvalue weighted by molar-refractivity contribution is 7.88. The average Bonchev–Trinajstić information content (AvgIpc) is 3.30. The van der Waals surface area contributed by atoms with E-state index in [1.165, 1.54) is 16.4 Å². The van der Waals surface area contributed by atoms with E-state index in [1.54, 1.807) is 10.7 Å². The third-order valence-electron chi connectivity index (χ3n) is 7.64. The molecule has 2 aromatic carbocycles. The number of hydrogen-bond donors (Lipinski definition) is 1. The van der Waals surface area contributed by atoms with Crippen LogP contribution in [0, 0.1) is 11.3 Å². The van der Waals surface area contributed by atoms with Gasteiger partial charge < -0.3 is 10.0 Å². The van der Waals surface area contributed by atoms with Gasteiger partial charge >= 0.3 is 6.18 Å². The largest absolute Gasteiger partial charge is 0.416 e. The molecule has 1 N–H and O–H groups in total. The van der Waals surface area contributed by atoms with Gasteiger partial charge in [0.05, 0.1) is 41.4 Å².